The van der Waals surface area contributed by atoms with Gasteiger partial charge in [-0.1, -0.05) is 20.8 Å². The Balaban J connectivity index is 3.04. The first-order valence-corrected chi connectivity index (χ1v) is 9.15. The highest BCUT2D eigenvalue weighted by Gasteiger charge is 2.20. The zero-order chi connectivity index (χ0) is 12.3. The second-order valence-electron chi connectivity index (χ2n) is 5.24. The van der Waals surface area contributed by atoms with E-state index in [2.05, 4.69) is 60.8 Å². The molecule has 2 nitrogen and oxygen atoms in total. The lowest BCUT2D eigenvalue weighted by Gasteiger charge is -2.23. The van der Waals surface area contributed by atoms with Crippen LogP contribution in [-0.4, -0.2) is 14.0 Å². The van der Waals surface area contributed by atoms with Crippen LogP contribution in [0.15, 0.2) is 16.9 Å². The molecule has 1 rings (SSSR count). The Morgan fingerprint density at radius 2 is 2.00 bits per heavy atom. The predicted octanol–water partition coefficient (Wildman–Crippen LogP) is 3.64. The van der Waals surface area contributed by atoms with Crippen molar-refractivity contribution in [2.75, 3.05) is 0 Å². The topological polar surface area (TPSA) is 22.1 Å². The minimum absolute atomic E-state index is 0.128. The molecule has 90 valence electrons. The highest BCUT2D eigenvalue weighted by Crippen LogP contribution is 2.29. The van der Waals surface area contributed by atoms with Gasteiger partial charge in [0, 0.05) is 11.8 Å². The zero-order valence-corrected chi connectivity index (χ0v) is 13.4. The van der Waals surface area contributed by atoms with Crippen LogP contribution in [-0.2, 0) is 16.4 Å². The highest BCUT2D eigenvalue weighted by atomic mass is 79.9. The van der Waals surface area contributed by atoms with Gasteiger partial charge < -0.3 is 4.43 Å². The molecule has 1 aromatic rings. The first-order valence-electron chi connectivity index (χ1n) is 5.58. The van der Waals surface area contributed by atoms with Crippen molar-refractivity contribution >= 4 is 25.0 Å². The SMILES string of the molecule is C[SiH](C)OCc1c(C(C)(C)C)ccnc1Br. The zero-order valence-electron chi connectivity index (χ0n) is 10.7. The Labute approximate surface area is 108 Å². The summed E-state index contributed by atoms with van der Waals surface area (Å²) < 4.78 is 6.73. The summed E-state index contributed by atoms with van der Waals surface area (Å²) in [5.41, 5.74) is 2.63. The number of rotatable bonds is 3. The summed E-state index contributed by atoms with van der Waals surface area (Å²) in [6.45, 7) is 11.7. The summed E-state index contributed by atoms with van der Waals surface area (Å²) in [5.74, 6) is 0. The van der Waals surface area contributed by atoms with Crippen LogP contribution in [0.1, 0.15) is 31.9 Å². The van der Waals surface area contributed by atoms with Gasteiger partial charge in [0.15, 0.2) is 9.04 Å². The van der Waals surface area contributed by atoms with Crippen molar-refractivity contribution in [2.45, 2.75) is 45.9 Å². The van der Waals surface area contributed by atoms with Crippen molar-refractivity contribution in [1.29, 1.82) is 0 Å². The normalized spacial score (nSPS) is 12.2. The van der Waals surface area contributed by atoms with E-state index in [0.717, 1.165) is 4.60 Å². The molecular weight excluding hydrogens is 282 g/mol. The van der Waals surface area contributed by atoms with E-state index in [-0.39, 0.29) is 5.41 Å². The Bertz CT molecular complexity index is 361. The number of aromatic nitrogens is 1. The number of hydrogen-bond donors (Lipinski definition) is 0. The lowest BCUT2D eigenvalue weighted by molar-refractivity contribution is 0.309. The van der Waals surface area contributed by atoms with E-state index in [1.165, 1.54) is 11.1 Å². The van der Waals surface area contributed by atoms with Crippen LogP contribution in [0.25, 0.3) is 0 Å². The molecule has 4 heteroatoms. The van der Waals surface area contributed by atoms with Gasteiger partial charge in [0.05, 0.1) is 6.61 Å². The molecular formula is C12H20BrNOSi. The van der Waals surface area contributed by atoms with Gasteiger partial charge in [-0.2, -0.15) is 0 Å². The minimum Gasteiger partial charge on any atom is -0.416 e. The molecule has 0 saturated carbocycles. The predicted molar refractivity (Wildman–Crippen MR) is 74.3 cm³/mol. The third-order valence-electron chi connectivity index (χ3n) is 2.37. The molecule has 1 aromatic heterocycles. The van der Waals surface area contributed by atoms with Crippen molar-refractivity contribution < 1.29 is 4.43 Å². The molecule has 0 fully saturated rings. The van der Waals surface area contributed by atoms with E-state index in [1.54, 1.807) is 0 Å². The van der Waals surface area contributed by atoms with Gasteiger partial charge in [-0.05, 0) is 46.1 Å². The summed E-state index contributed by atoms with van der Waals surface area (Å²) in [7, 11) is -0.984. The molecule has 0 aliphatic rings. The molecule has 0 spiro atoms. The maximum Gasteiger partial charge on any atom is 0.171 e. The number of nitrogens with zero attached hydrogens (tertiary/aromatic N) is 1. The standard InChI is InChI=1S/C12H20BrNOSi/c1-12(2,3)10-6-7-14-11(13)9(10)8-15-16(4)5/h6-7,16H,8H2,1-5H3. The Kier molecular flexibility index (Phi) is 4.70. The van der Waals surface area contributed by atoms with E-state index in [4.69, 9.17) is 4.43 Å². The lowest BCUT2D eigenvalue weighted by atomic mass is 9.85. The molecule has 16 heavy (non-hydrogen) atoms. The minimum atomic E-state index is -0.984. The Morgan fingerprint density at radius 3 is 2.50 bits per heavy atom. The summed E-state index contributed by atoms with van der Waals surface area (Å²) >= 11 is 3.51. The smallest absolute Gasteiger partial charge is 0.171 e. The van der Waals surface area contributed by atoms with Crippen molar-refractivity contribution in [1.82, 2.24) is 4.98 Å². The van der Waals surface area contributed by atoms with Gasteiger partial charge in [-0.15, -0.1) is 0 Å². The van der Waals surface area contributed by atoms with E-state index >= 15 is 0 Å². The van der Waals surface area contributed by atoms with Gasteiger partial charge >= 0.3 is 0 Å². The van der Waals surface area contributed by atoms with Crippen molar-refractivity contribution in [3.05, 3.63) is 28.0 Å². The van der Waals surface area contributed by atoms with Crippen LogP contribution in [0.3, 0.4) is 0 Å². The number of pyridine rings is 1. The van der Waals surface area contributed by atoms with Gasteiger partial charge in [-0.25, -0.2) is 4.98 Å². The van der Waals surface area contributed by atoms with Crippen LogP contribution in [0.5, 0.6) is 0 Å². The van der Waals surface area contributed by atoms with E-state index in [0.29, 0.717) is 6.61 Å². The van der Waals surface area contributed by atoms with Crippen LogP contribution in [0.4, 0.5) is 0 Å². The Morgan fingerprint density at radius 1 is 1.38 bits per heavy atom. The molecule has 0 amide bonds. The van der Waals surface area contributed by atoms with E-state index in [9.17, 15) is 0 Å². The molecule has 0 saturated heterocycles. The fourth-order valence-corrected chi connectivity index (χ4v) is 2.50. The third kappa shape index (κ3) is 3.68. The number of halogens is 1. The van der Waals surface area contributed by atoms with Gasteiger partial charge in [0.25, 0.3) is 0 Å². The first kappa shape index (κ1) is 13.9. The van der Waals surface area contributed by atoms with Crippen LogP contribution in [0, 0.1) is 0 Å². The summed E-state index contributed by atoms with van der Waals surface area (Å²) in [5, 5.41) is 0. The molecule has 1 heterocycles. The van der Waals surface area contributed by atoms with Crippen LogP contribution < -0.4 is 0 Å². The van der Waals surface area contributed by atoms with Crippen molar-refractivity contribution in [3.63, 3.8) is 0 Å². The largest absolute Gasteiger partial charge is 0.416 e. The van der Waals surface area contributed by atoms with Gasteiger partial charge in [0.1, 0.15) is 4.60 Å². The molecule has 0 aliphatic carbocycles. The Hall–Kier alpha value is -0.193. The summed E-state index contributed by atoms with van der Waals surface area (Å²) in [6.07, 6.45) is 1.85. The quantitative estimate of drug-likeness (QED) is 0.628. The monoisotopic (exact) mass is 301 g/mol. The molecule has 0 atom stereocenters. The maximum atomic E-state index is 5.81. The lowest BCUT2D eigenvalue weighted by Crippen LogP contribution is -2.17. The van der Waals surface area contributed by atoms with Gasteiger partial charge in [0.2, 0.25) is 0 Å². The molecule has 0 N–H and O–H groups in total. The maximum absolute atomic E-state index is 5.81. The van der Waals surface area contributed by atoms with Crippen molar-refractivity contribution in [2.24, 2.45) is 0 Å². The second-order valence-corrected chi connectivity index (χ2v) is 8.42. The highest BCUT2D eigenvalue weighted by molar-refractivity contribution is 9.10. The molecule has 0 aromatic carbocycles. The third-order valence-corrected chi connectivity index (χ3v) is 3.89. The summed E-state index contributed by atoms with van der Waals surface area (Å²) in [6, 6.07) is 2.09. The second kappa shape index (κ2) is 5.43. The molecule has 0 bridgehead atoms. The molecule has 0 aliphatic heterocycles. The van der Waals surface area contributed by atoms with E-state index in [1.807, 2.05) is 6.20 Å². The fraction of sp³-hybridized carbons (Fsp3) is 0.583. The molecule has 0 unspecified atom stereocenters. The van der Waals surface area contributed by atoms with Gasteiger partial charge in [-0.3, -0.25) is 0 Å². The fourth-order valence-electron chi connectivity index (χ4n) is 1.56. The van der Waals surface area contributed by atoms with Crippen molar-refractivity contribution in [3.8, 4) is 0 Å². The van der Waals surface area contributed by atoms with Crippen LogP contribution >= 0.6 is 15.9 Å². The molecule has 0 radical (unpaired) electrons. The average Bonchev–Trinajstić information content (AvgIpc) is 2.13. The number of hydrogen-bond acceptors (Lipinski definition) is 2. The van der Waals surface area contributed by atoms with E-state index < -0.39 is 9.04 Å². The summed E-state index contributed by atoms with van der Waals surface area (Å²) in [4.78, 5) is 4.28. The van der Waals surface area contributed by atoms with Crippen LogP contribution in [0.2, 0.25) is 13.1 Å². The average molecular weight is 302 g/mol. The first-order chi connectivity index (χ1) is 7.32.